The van der Waals surface area contributed by atoms with Crippen LogP contribution in [-0.4, -0.2) is 16.0 Å². The Morgan fingerprint density at radius 2 is 1.78 bits per heavy atom. The molecular weight excluding hydrogens is 359 g/mol. The minimum absolute atomic E-state index is 0.0591. The average molecular weight is 373 g/mol. The van der Waals surface area contributed by atoms with E-state index < -0.39 is 17.8 Å². The molecule has 0 bridgehead atoms. The van der Waals surface area contributed by atoms with Gasteiger partial charge < -0.3 is 15.5 Å². The molecule has 4 rings (SSSR count). The number of nitrogens with zero attached hydrogens (tertiary/aromatic N) is 3. The van der Waals surface area contributed by atoms with Crippen molar-refractivity contribution < 1.29 is 17.6 Å². The van der Waals surface area contributed by atoms with Gasteiger partial charge >= 0.3 is 6.18 Å². The number of amidine groups is 1. The van der Waals surface area contributed by atoms with E-state index in [1.165, 1.54) is 18.2 Å². The Kier molecular flexibility index (Phi) is 4.06. The maximum absolute atomic E-state index is 13.1. The Hall–Kier alpha value is -3.36. The molecule has 0 radical (unpaired) electrons. The Balaban J connectivity index is 1.59. The molecule has 3 aromatic rings. The summed E-state index contributed by atoms with van der Waals surface area (Å²) < 4.78 is 45.0. The van der Waals surface area contributed by atoms with Crippen molar-refractivity contribution in [3.05, 3.63) is 71.4 Å². The highest BCUT2D eigenvalue weighted by Gasteiger charge is 2.33. The van der Waals surface area contributed by atoms with Crippen LogP contribution >= 0.6 is 0 Å². The van der Waals surface area contributed by atoms with Crippen LogP contribution in [-0.2, 0) is 12.6 Å². The summed E-state index contributed by atoms with van der Waals surface area (Å²) in [5, 5.41) is 10.9. The van der Waals surface area contributed by atoms with Crippen molar-refractivity contribution in [3.8, 4) is 0 Å². The predicted molar refractivity (Wildman–Crippen MR) is 92.6 cm³/mol. The predicted octanol–water partition coefficient (Wildman–Crippen LogP) is 3.83. The Morgan fingerprint density at radius 1 is 1.04 bits per heavy atom. The smallest absolute Gasteiger partial charge is 0.416 e. The van der Waals surface area contributed by atoms with Crippen molar-refractivity contribution in [3.63, 3.8) is 0 Å². The van der Waals surface area contributed by atoms with Crippen LogP contribution in [0.2, 0.25) is 0 Å². The molecule has 138 valence electrons. The monoisotopic (exact) mass is 373 g/mol. The number of rotatable bonds is 3. The first kappa shape index (κ1) is 17.1. The van der Waals surface area contributed by atoms with Gasteiger partial charge in [0.1, 0.15) is 5.84 Å². The second kappa shape index (κ2) is 6.42. The standard InChI is InChI=1S/C18H14F3N5O/c19-18(20,21)11-6-2-1-5-10(11)9-14-25-26-17(27-14)15-16(22)24-13-8-4-3-7-12(13)23-15/h1-8,15,23H,9H2,(H2,22,24). The molecule has 1 aliphatic heterocycles. The van der Waals surface area contributed by atoms with Crippen molar-refractivity contribution in [2.75, 3.05) is 5.32 Å². The van der Waals surface area contributed by atoms with Gasteiger partial charge in [-0.2, -0.15) is 13.2 Å². The second-order valence-electron chi connectivity index (χ2n) is 6.00. The Labute approximate surface area is 151 Å². The van der Waals surface area contributed by atoms with Gasteiger partial charge in [-0.25, -0.2) is 4.99 Å². The number of nitrogens with one attached hydrogen (secondary N) is 1. The molecule has 1 atom stereocenters. The zero-order chi connectivity index (χ0) is 19.0. The molecule has 1 unspecified atom stereocenters. The maximum atomic E-state index is 13.1. The van der Waals surface area contributed by atoms with Crippen LogP contribution in [0.3, 0.4) is 0 Å². The second-order valence-corrected chi connectivity index (χ2v) is 6.00. The van der Waals surface area contributed by atoms with Crippen molar-refractivity contribution in [2.24, 2.45) is 10.7 Å². The van der Waals surface area contributed by atoms with Crippen molar-refractivity contribution in [1.82, 2.24) is 10.2 Å². The molecule has 0 aliphatic carbocycles. The van der Waals surface area contributed by atoms with E-state index in [1.54, 1.807) is 6.07 Å². The zero-order valence-electron chi connectivity index (χ0n) is 13.9. The SMILES string of the molecule is NC1=Nc2ccccc2NC1c1nnc(Cc2ccccc2C(F)(F)F)o1. The highest BCUT2D eigenvalue weighted by Crippen LogP contribution is 2.34. The van der Waals surface area contributed by atoms with Gasteiger partial charge in [-0.3, -0.25) is 0 Å². The van der Waals surface area contributed by atoms with E-state index in [0.29, 0.717) is 5.69 Å². The van der Waals surface area contributed by atoms with Gasteiger partial charge in [-0.05, 0) is 23.8 Å². The molecule has 0 fully saturated rings. The number of hydrogen-bond donors (Lipinski definition) is 2. The zero-order valence-corrected chi connectivity index (χ0v) is 13.9. The first-order valence-electron chi connectivity index (χ1n) is 8.09. The van der Waals surface area contributed by atoms with Gasteiger partial charge in [0.25, 0.3) is 0 Å². The van der Waals surface area contributed by atoms with E-state index in [1.807, 2.05) is 18.2 Å². The van der Waals surface area contributed by atoms with E-state index in [-0.39, 0.29) is 29.6 Å². The molecule has 9 heteroatoms. The van der Waals surface area contributed by atoms with Crippen LogP contribution in [0.25, 0.3) is 0 Å². The lowest BCUT2D eigenvalue weighted by Gasteiger charge is -2.22. The number of nitrogens with two attached hydrogens (primary N) is 1. The topological polar surface area (TPSA) is 89.3 Å². The number of hydrogen-bond acceptors (Lipinski definition) is 6. The van der Waals surface area contributed by atoms with E-state index in [0.717, 1.165) is 11.8 Å². The number of halogens is 3. The molecule has 2 aromatic carbocycles. The molecule has 0 saturated heterocycles. The van der Waals surface area contributed by atoms with E-state index in [9.17, 15) is 13.2 Å². The van der Waals surface area contributed by atoms with Crippen LogP contribution in [0.4, 0.5) is 24.5 Å². The van der Waals surface area contributed by atoms with Crippen molar-refractivity contribution in [2.45, 2.75) is 18.6 Å². The van der Waals surface area contributed by atoms with Gasteiger partial charge in [0.05, 0.1) is 23.4 Å². The van der Waals surface area contributed by atoms with E-state index in [4.69, 9.17) is 10.2 Å². The third kappa shape index (κ3) is 3.35. The van der Waals surface area contributed by atoms with Crippen LogP contribution in [0.1, 0.15) is 29.0 Å². The molecule has 2 heterocycles. The average Bonchev–Trinajstić information content (AvgIpc) is 3.09. The van der Waals surface area contributed by atoms with Gasteiger partial charge in [-0.15, -0.1) is 10.2 Å². The number of alkyl halides is 3. The lowest BCUT2D eigenvalue weighted by Crippen LogP contribution is -2.30. The summed E-state index contributed by atoms with van der Waals surface area (Å²) in [6.45, 7) is 0. The molecule has 27 heavy (non-hydrogen) atoms. The highest BCUT2D eigenvalue weighted by atomic mass is 19.4. The van der Waals surface area contributed by atoms with E-state index in [2.05, 4.69) is 20.5 Å². The summed E-state index contributed by atoms with van der Waals surface area (Å²) in [6, 6.07) is 12.0. The molecule has 1 aromatic heterocycles. The highest BCUT2D eigenvalue weighted by molar-refractivity contribution is 5.95. The van der Waals surface area contributed by atoms with Crippen LogP contribution in [0, 0.1) is 0 Å². The van der Waals surface area contributed by atoms with Crippen LogP contribution in [0.5, 0.6) is 0 Å². The van der Waals surface area contributed by atoms with Gasteiger partial charge in [0.15, 0.2) is 6.04 Å². The molecule has 6 nitrogen and oxygen atoms in total. The lowest BCUT2D eigenvalue weighted by atomic mass is 10.0. The summed E-state index contributed by atoms with van der Waals surface area (Å²) in [6.07, 6.45) is -4.59. The molecule has 3 N–H and O–H groups in total. The first-order chi connectivity index (χ1) is 12.9. The largest absolute Gasteiger partial charge is 0.422 e. The quantitative estimate of drug-likeness (QED) is 0.728. The van der Waals surface area contributed by atoms with Crippen LogP contribution < -0.4 is 11.1 Å². The number of anilines is 1. The van der Waals surface area contributed by atoms with Gasteiger partial charge in [0, 0.05) is 0 Å². The molecule has 0 amide bonds. The Morgan fingerprint density at radius 3 is 2.59 bits per heavy atom. The molecule has 0 spiro atoms. The lowest BCUT2D eigenvalue weighted by molar-refractivity contribution is -0.138. The number of benzene rings is 2. The number of para-hydroxylation sites is 2. The van der Waals surface area contributed by atoms with E-state index >= 15 is 0 Å². The Bertz CT molecular complexity index is 1010. The summed E-state index contributed by atoms with van der Waals surface area (Å²) in [4.78, 5) is 4.30. The van der Waals surface area contributed by atoms with Gasteiger partial charge in [-0.1, -0.05) is 30.3 Å². The summed E-state index contributed by atoms with van der Waals surface area (Å²) in [5.74, 6) is 0.444. The summed E-state index contributed by atoms with van der Waals surface area (Å²) in [5.41, 5.74) is 6.75. The maximum Gasteiger partial charge on any atom is 0.416 e. The van der Waals surface area contributed by atoms with Gasteiger partial charge in [0.2, 0.25) is 11.8 Å². The number of fused-ring (bicyclic) bond motifs is 1. The minimum Gasteiger partial charge on any atom is -0.422 e. The first-order valence-corrected chi connectivity index (χ1v) is 8.09. The summed E-state index contributed by atoms with van der Waals surface area (Å²) >= 11 is 0. The fraction of sp³-hybridized carbons (Fsp3) is 0.167. The van der Waals surface area contributed by atoms with Crippen LogP contribution in [0.15, 0.2) is 57.9 Å². The third-order valence-corrected chi connectivity index (χ3v) is 4.14. The number of aromatic nitrogens is 2. The fourth-order valence-electron chi connectivity index (χ4n) is 2.88. The minimum atomic E-state index is -4.45. The third-order valence-electron chi connectivity index (χ3n) is 4.14. The van der Waals surface area contributed by atoms with Crippen molar-refractivity contribution >= 4 is 17.2 Å². The molecule has 0 saturated carbocycles. The fourth-order valence-corrected chi connectivity index (χ4v) is 2.88. The summed E-state index contributed by atoms with van der Waals surface area (Å²) in [7, 11) is 0. The number of aliphatic imine (C=N–C) groups is 1. The van der Waals surface area contributed by atoms with Crippen molar-refractivity contribution in [1.29, 1.82) is 0 Å². The molecular formula is C18H14F3N5O. The molecule has 1 aliphatic rings. The normalized spacial score (nSPS) is 16.4.